The number of hydrogen-bond acceptors (Lipinski definition) is 1. The van der Waals surface area contributed by atoms with E-state index in [0.29, 0.717) is 0 Å². The number of aryl methyl sites for hydroxylation is 1. The van der Waals surface area contributed by atoms with Crippen LogP contribution in [0.2, 0.25) is 0 Å². The van der Waals surface area contributed by atoms with Crippen molar-refractivity contribution in [1.29, 1.82) is 0 Å². The smallest absolute Gasteiger partial charge is 0.194 e. The predicted octanol–water partition coefficient (Wildman–Crippen LogP) is 4.42. The molecule has 0 radical (unpaired) electrons. The molecule has 0 fully saturated rings. The summed E-state index contributed by atoms with van der Waals surface area (Å²) in [6.07, 6.45) is 0. The molecule has 1 aliphatic carbocycles. The van der Waals surface area contributed by atoms with Crippen molar-refractivity contribution in [3.63, 3.8) is 0 Å². The Bertz CT molecular complexity index is 660. The van der Waals surface area contributed by atoms with Crippen molar-refractivity contribution >= 4 is 51.0 Å². The molecule has 0 saturated heterocycles. The first-order chi connectivity index (χ1) is 8.08. The molecule has 1 nitrogen and oxygen atoms in total. The summed E-state index contributed by atoms with van der Waals surface area (Å²) in [6.45, 7) is 2.08. The predicted molar refractivity (Wildman–Crippen MR) is 85.5 cm³/mol. The van der Waals surface area contributed by atoms with Crippen LogP contribution in [0.5, 0.6) is 0 Å². The van der Waals surface area contributed by atoms with Crippen LogP contribution in [0.25, 0.3) is 11.1 Å². The van der Waals surface area contributed by atoms with Crippen molar-refractivity contribution in [2.75, 3.05) is 0 Å². The maximum absolute atomic E-state index is 12.3. The first kappa shape index (κ1) is 11.6. The molecule has 84 valence electrons. The zero-order valence-corrected chi connectivity index (χ0v) is 13.4. The molecule has 2 aromatic rings. The molecule has 3 rings (SSSR count). The van der Waals surface area contributed by atoms with Gasteiger partial charge in [-0.3, -0.25) is 4.79 Å². The second kappa shape index (κ2) is 4.05. The van der Waals surface area contributed by atoms with Crippen molar-refractivity contribution < 1.29 is 4.79 Å². The van der Waals surface area contributed by atoms with Gasteiger partial charge in [0.2, 0.25) is 0 Å². The fourth-order valence-corrected chi connectivity index (χ4v) is 3.13. The van der Waals surface area contributed by atoms with E-state index in [-0.39, 0.29) is 5.78 Å². The molecule has 2 aromatic carbocycles. The van der Waals surface area contributed by atoms with Crippen LogP contribution >= 0.6 is 45.2 Å². The highest BCUT2D eigenvalue weighted by Crippen LogP contribution is 2.38. The van der Waals surface area contributed by atoms with E-state index in [1.165, 1.54) is 5.56 Å². The van der Waals surface area contributed by atoms with Gasteiger partial charge in [0.05, 0.1) is 0 Å². The van der Waals surface area contributed by atoms with Crippen molar-refractivity contribution in [2.45, 2.75) is 6.92 Å². The Hall–Kier alpha value is -0.430. The Morgan fingerprint density at radius 3 is 2.35 bits per heavy atom. The average molecular weight is 446 g/mol. The van der Waals surface area contributed by atoms with E-state index in [1.54, 1.807) is 0 Å². The maximum Gasteiger partial charge on any atom is 0.194 e. The quantitative estimate of drug-likeness (QED) is 0.468. The fraction of sp³-hybridized carbons (Fsp3) is 0.0714. The van der Waals surface area contributed by atoms with E-state index in [0.717, 1.165) is 29.4 Å². The summed E-state index contributed by atoms with van der Waals surface area (Å²) < 4.78 is 2.26. The molecule has 0 saturated carbocycles. The molecule has 0 aromatic heterocycles. The van der Waals surface area contributed by atoms with Gasteiger partial charge in [0, 0.05) is 18.3 Å². The van der Waals surface area contributed by atoms with Crippen LogP contribution in [0.4, 0.5) is 0 Å². The first-order valence-corrected chi connectivity index (χ1v) is 7.38. The number of benzene rings is 2. The molecule has 17 heavy (non-hydrogen) atoms. The fourth-order valence-electron chi connectivity index (χ4n) is 2.18. The van der Waals surface area contributed by atoms with Crippen molar-refractivity contribution in [2.24, 2.45) is 0 Å². The van der Waals surface area contributed by atoms with Gasteiger partial charge in [0.25, 0.3) is 0 Å². The minimum Gasteiger partial charge on any atom is -0.289 e. The van der Waals surface area contributed by atoms with Gasteiger partial charge in [-0.15, -0.1) is 0 Å². The van der Waals surface area contributed by atoms with E-state index in [2.05, 4.69) is 64.2 Å². The molecule has 3 heteroatoms. The van der Waals surface area contributed by atoms with Crippen LogP contribution < -0.4 is 0 Å². The highest BCUT2D eigenvalue weighted by Gasteiger charge is 2.27. The van der Waals surface area contributed by atoms with E-state index < -0.39 is 0 Å². The summed E-state index contributed by atoms with van der Waals surface area (Å²) in [5.41, 5.74) is 5.07. The highest BCUT2D eigenvalue weighted by molar-refractivity contribution is 14.1. The van der Waals surface area contributed by atoms with Crippen LogP contribution in [0.1, 0.15) is 21.5 Å². The summed E-state index contributed by atoms with van der Waals surface area (Å²) in [5, 5.41) is 0. The van der Waals surface area contributed by atoms with Gasteiger partial charge in [-0.05, 0) is 93.1 Å². The van der Waals surface area contributed by atoms with Crippen LogP contribution in [0.3, 0.4) is 0 Å². The minimum absolute atomic E-state index is 0.159. The van der Waals surface area contributed by atoms with Crippen molar-refractivity contribution in [1.82, 2.24) is 0 Å². The molecule has 0 unspecified atom stereocenters. The third-order valence-corrected chi connectivity index (χ3v) is 4.89. The van der Waals surface area contributed by atoms with Gasteiger partial charge < -0.3 is 0 Å². The van der Waals surface area contributed by atoms with Gasteiger partial charge in [-0.1, -0.05) is 6.07 Å². The lowest BCUT2D eigenvalue weighted by atomic mass is 10.0. The van der Waals surface area contributed by atoms with Gasteiger partial charge in [-0.2, -0.15) is 0 Å². The molecule has 0 heterocycles. The van der Waals surface area contributed by atoms with Crippen molar-refractivity contribution in [3.05, 3.63) is 54.2 Å². The number of rotatable bonds is 0. The molecule has 0 atom stereocenters. The SMILES string of the molecule is Cc1cc2c(cc1I)C(=O)c1cc(I)ccc1-2. The minimum atomic E-state index is 0.159. The maximum atomic E-state index is 12.3. The lowest BCUT2D eigenvalue weighted by Gasteiger charge is -2.03. The second-order valence-corrected chi connectivity index (χ2v) is 6.57. The van der Waals surface area contributed by atoms with Crippen LogP contribution in [0.15, 0.2) is 30.3 Å². The van der Waals surface area contributed by atoms with Crippen LogP contribution in [0, 0.1) is 14.1 Å². The average Bonchev–Trinajstić information content (AvgIpc) is 2.54. The normalized spacial score (nSPS) is 12.5. The molecule has 0 aliphatic heterocycles. The zero-order valence-electron chi connectivity index (χ0n) is 9.05. The molecular formula is C14H8I2O. The van der Waals surface area contributed by atoms with Gasteiger partial charge in [0.15, 0.2) is 5.78 Å². The number of ketones is 1. The topological polar surface area (TPSA) is 17.1 Å². The standard InChI is InChI=1S/C14H8I2O/c1-7-4-10-9-3-2-8(15)5-11(9)14(17)12(10)6-13(7)16/h2-6H,1H3. The van der Waals surface area contributed by atoms with Crippen LogP contribution in [-0.4, -0.2) is 5.78 Å². The third kappa shape index (κ3) is 1.74. The Morgan fingerprint density at radius 1 is 0.882 bits per heavy atom. The van der Waals surface area contributed by atoms with Gasteiger partial charge >= 0.3 is 0 Å². The highest BCUT2D eigenvalue weighted by atomic mass is 127. The Labute approximate surface area is 127 Å². The molecule has 0 amide bonds. The largest absolute Gasteiger partial charge is 0.289 e. The van der Waals surface area contributed by atoms with Gasteiger partial charge in [-0.25, -0.2) is 0 Å². The summed E-state index contributed by atoms with van der Waals surface area (Å²) >= 11 is 4.52. The molecule has 0 spiro atoms. The molecule has 1 aliphatic rings. The van der Waals surface area contributed by atoms with E-state index in [1.807, 2.05) is 18.2 Å². The van der Waals surface area contributed by atoms with E-state index in [9.17, 15) is 4.79 Å². The lowest BCUT2D eigenvalue weighted by molar-refractivity contribution is 0.104. The monoisotopic (exact) mass is 446 g/mol. The summed E-state index contributed by atoms with van der Waals surface area (Å²) in [6, 6.07) is 10.2. The molecule has 0 N–H and O–H groups in total. The number of fused-ring (bicyclic) bond motifs is 3. The van der Waals surface area contributed by atoms with Gasteiger partial charge in [0.1, 0.15) is 0 Å². The molecular weight excluding hydrogens is 438 g/mol. The van der Waals surface area contributed by atoms with Crippen molar-refractivity contribution in [3.8, 4) is 11.1 Å². The number of halogens is 2. The lowest BCUT2D eigenvalue weighted by Crippen LogP contribution is -1.96. The number of carbonyl (C=O) groups is 1. The summed E-state index contributed by atoms with van der Waals surface area (Å²) in [5.74, 6) is 0.159. The Morgan fingerprint density at radius 2 is 1.59 bits per heavy atom. The zero-order chi connectivity index (χ0) is 12.2. The first-order valence-electron chi connectivity index (χ1n) is 5.22. The number of carbonyl (C=O) groups excluding carboxylic acids is 1. The summed E-state index contributed by atoms with van der Waals surface area (Å²) in [7, 11) is 0. The van der Waals surface area contributed by atoms with Crippen LogP contribution in [-0.2, 0) is 0 Å². The number of hydrogen-bond donors (Lipinski definition) is 0. The van der Waals surface area contributed by atoms with E-state index in [4.69, 9.17) is 0 Å². The molecule has 0 bridgehead atoms. The third-order valence-electron chi connectivity index (χ3n) is 3.06. The Kier molecular flexibility index (Phi) is 2.77. The second-order valence-electron chi connectivity index (χ2n) is 4.17. The Balaban J connectivity index is 2.35. The summed E-state index contributed by atoms with van der Waals surface area (Å²) in [4.78, 5) is 12.3. The van der Waals surface area contributed by atoms with E-state index >= 15 is 0 Å².